The van der Waals surface area contributed by atoms with Gasteiger partial charge in [0.1, 0.15) is 110 Å². The number of nitrogen functional groups attached to an aromatic ring is 4. The number of aromatic amines is 2. The van der Waals surface area contributed by atoms with Gasteiger partial charge in [-0.15, -0.1) is 0 Å². The lowest BCUT2D eigenvalue weighted by atomic mass is 10.2. The molecule has 18 N–H and O–H groups in total. The lowest BCUT2D eigenvalue weighted by Gasteiger charge is -2.25. The van der Waals surface area contributed by atoms with E-state index in [-0.39, 0.29) is 92.6 Å². The first-order valence-corrected chi connectivity index (χ1v) is 39.7. The summed E-state index contributed by atoms with van der Waals surface area (Å²) in [5, 5.41) is 41.0. The van der Waals surface area contributed by atoms with Gasteiger partial charge in [-0.1, -0.05) is 11.8 Å². The van der Waals surface area contributed by atoms with Crippen molar-refractivity contribution in [1.82, 2.24) is 77.7 Å². The summed E-state index contributed by atoms with van der Waals surface area (Å²) in [6.07, 6.45) is -16.8. The molecule has 13 rings (SSSR count). The maximum absolute atomic E-state index is 14.5. The molecule has 108 heavy (non-hydrogen) atoms. The summed E-state index contributed by atoms with van der Waals surface area (Å²) in [5.41, 5.74) is 20.8. The van der Waals surface area contributed by atoms with Crippen LogP contribution in [-0.2, 0) is 78.1 Å². The predicted octanol–water partition coefficient (Wildman–Crippen LogP) is -1.73. The number of nitrogens with one attached hydrogen (secondary N) is 2. The lowest BCUT2D eigenvalue weighted by Crippen LogP contribution is -2.33. The Balaban J connectivity index is 0.724. The Bertz CT molecular complexity index is 5070. The number of fused-ring (bicyclic) bond motifs is 3. The normalized spacial score (nSPS) is 28.6. The first kappa shape index (κ1) is 78.8. The number of thioether (sulfide) groups is 1. The molecule has 0 aliphatic carbocycles. The first-order chi connectivity index (χ1) is 51.3. The van der Waals surface area contributed by atoms with Crippen molar-refractivity contribution < 1.29 is 118 Å². The topological polar surface area (TPSA) is 695 Å². The molecule has 8 aromatic heterocycles. The molecule has 5 aliphatic heterocycles. The van der Waals surface area contributed by atoms with Crippen LogP contribution in [0.3, 0.4) is 0 Å². The molecule has 0 spiro atoms. The van der Waals surface area contributed by atoms with Crippen LogP contribution < -0.4 is 45.4 Å². The molecule has 54 heteroatoms. The monoisotopic (exact) mass is 1620 g/mol. The summed E-state index contributed by atoms with van der Waals surface area (Å²) in [4.78, 5) is 139. The number of nitrogens with zero attached hydrogens (tertiary/aromatic N) is 14. The smallest absolute Gasteiger partial charge is 0.394 e. The molecule has 0 radical (unpaired) electrons. The van der Waals surface area contributed by atoms with Crippen molar-refractivity contribution in [3.63, 3.8) is 0 Å². The van der Waals surface area contributed by atoms with Crippen molar-refractivity contribution in [2.75, 3.05) is 68.3 Å². The Morgan fingerprint density at radius 2 is 1.06 bits per heavy atom. The van der Waals surface area contributed by atoms with Gasteiger partial charge in [-0.2, -0.15) is 9.97 Å². The quantitative estimate of drug-likeness (QED) is 0.0127. The van der Waals surface area contributed by atoms with E-state index in [1.165, 1.54) is 51.9 Å². The number of nitrogens with two attached hydrogens (primary N) is 4. The number of aliphatic hydroxyl groups excluding tert-OH is 4. The molecule has 13 heterocycles. The van der Waals surface area contributed by atoms with Crippen molar-refractivity contribution in [3.8, 4) is 0 Å². The minimum absolute atomic E-state index is 0.0234. The Morgan fingerprint density at radius 3 is 1.65 bits per heavy atom. The van der Waals surface area contributed by atoms with Gasteiger partial charge in [0.05, 0.1) is 64.5 Å². The van der Waals surface area contributed by atoms with Crippen LogP contribution in [0.1, 0.15) is 81.6 Å². The lowest BCUT2D eigenvalue weighted by molar-refractivity contribution is -0.0648. The fourth-order valence-electron chi connectivity index (χ4n) is 12.6. The number of H-pyrrole nitrogens is 2. The number of phosphoric ester groups is 4. The van der Waals surface area contributed by atoms with Gasteiger partial charge < -0.3 is 86.6 Å². The number of aliphatic hydroxyl groups is 4. The van der Waals surface area contributed by atoms with E-state index in [0.717, 1.165) is 33.4 Å². The molecule has 8 aromatic rings. The van der Waals surface area contributed by atoms with E-state index in [9.17, 15) is 77.4 Å². The Hall–Kier alpha value is -7.36. The molecule has 20 atom stereocenters. The average Bonchev–Trinajstić information content (AvgIpc) is 1.64. The highest BCUT2D eigenvalue weighted by Gasteiger charge is 2.50. The fraction of sp³-hybridized carbons (Fsp3) is 0.574. The summed E-state index contributed by atoms with van der Waals surface area (Å²) in [7, 11) is -21.7. The van der Waals surface area contributed by atoms with Gasteiger partial charge in [0.15, 0.2) is 44.8 Å². The molecule has 0 aromatic carbocycles. The zero-order chi connectivity index (χ0) is 76.9. The van der Waals surface area contributed by atoms with Gasteiger partial charge in [0, 0.05) is 55.8 Å². The highest BCUT2D eigenvalue weighted by Crippen LogP contribution is 2.55. The number of imidazole rings is 3. The number of aromatic nitrogens is 16. The van der Waals surface area contributed by atoms with Gasteiger partial charge in [0.25, 0.3) is 11.1 Å². The molecule has 5 unspecified atom stereocenters. The van der Waals surface area contributed by atoms with Gasteiger partial charge in [0.2, 0.25) is 5.95 Å². The molecule has 0 amide bonds. The van der Waals surface area contributed by atoms with E-state index < -0.39 is 211 Å². The molecule has 0 saturated carbocycles. The second-order valence-corrected chi connectivity index (χ2v) is 31.8. The van der Waals surface area contributed by atoms with Gasteiger partial charge in [-0.3, -0.25) is 78.6 Å². The van der Waals surface area contributed by atoms with Crippen molar-refractivity contribution in [2.45, 2.75) is 155 Å². The van der Waals surface area contributed by atoms with Crippen molar-refractivity contribution >= 4 is 99.9 Å². The minimum atomic E-state index is -5.58. The van der Waals surface area contributed by atoms with Crippen LogP contribution in [0.25, 0.3) is 33.5 Å². The standard InChI is InChI=1S/C54H72N20O29P4S/c1-23-12-71(53(82)69-49(23)79)38-10-28(102-104(83,84)91-15-31-25(78)7-36(96-31)72-21-63-41-44(56)59-19-61-46(41)72)33(98-38)17-93-107(89,90)103-29-11-40(74-47-42(45(57)60-20-62-47)66-54(74)108-6-2-3-24(77)13-75)99-34(29)18-94-106(87,88)101-27-9-37(70-5-4-35(55)65-52(70)81)97-32(27)16-92-105(85,86)100-26-8-39(95-30(26)14-76)73-22-64-43-48(73)67-51(58)68-50(43)80/h4-5,12,19-22,24-34,36-40,75-78H,2-3,6-11,13-18H2,1H3,(H,83,84)(H,85,86)(H,87,88)(H,89,90)(H2,55,65,81)(H2,56,59,61)(H2,57,60,62)(H,69,79,82)(H3,58,67,68,80)/t24?,25-,26-,27-,28-,29-,30+,31+,32+,33+,34+,36+,37+,38+,39+,40+/m0/s1. The molecule has 5 saturated heterocycles. The SMILES string of the molecule is Cc1cn([C@H]2C[C@H](OP(=O)(O)OC[C@H]3O[C@@H](n4cnc5c(N)ncnc54)C[C@@H]3O)[C@@H](COP(=O)(O)O[C@H]3C[C@H](n4c(SCCCC(O)CO)nc5c(N)ncnc54)O[C@@H]3COP(=O)(O)O[C@H]3C[C@H](n4ccc(N)nc4=O)O[C@@H]3COP(=O)(O)O[C@H]3C[C@H](n4cnc5c(=O)[nH]c(N)nc54)O[C@@H]3CO)O2)c(=O)[nH]c1=O. The number of hydrogen-bond donors (Lipinski definition) is 14. The molecular weight excluding hydrogens is 1550 g/mol. The van der Waals surface area contributed by atoms with Crippen LogP contribution in [0.4, 0.5) is 23.4 Å². The Kier molecular flexibility index (Phi) is 23.4. The average molecular weight is 1620 g/mol. The van der Waals surface area contributed by atoms with E-state index >= 15 is 0 Å². The zero-order valence-corrected chi connectivity index (χ0v) is 60.5. The highest BCUT2D eigenvalue weighted by atomic mass is 32.2. The molecular formula is C54H72N20O29P4S. The molecule has 5 fully saturated rings. The van der Waals surface area contributed by atoms with Crippen LogP contribution >= 0.6 is 43.1 Å². The number of ether oxygens (including phenoxy) is 5. The largest absolute Gasteiger partial charge is 0.472 e. The first-order valence-electron chi connectivity index (χ1n) is 32.7. The predicted molar refractivity (Wildman–Crippen MR) is 362 cm³/mol. The van der Waals surface area contributed by atoms with E-state index in [1.54, 1.807) is 0 Å². The second-order valence-electron chi connectivity index (χ2n) is 25.1. The van der Waals surface area contributed by atoms with Gasteiger partial charge in [-0.05, 0) is 25.8 Å². The van der Waals surface area contributed by atoms with E-state index in [2.05, 4.69) is 54.8 Å². The molecule has 588 valence electrons. The molecule has 5 aliphatic rings. The van der Waals surface area contributed by atoms with E-state index in [1.807, 2.05) is 0 Å². The summed E-state index contributed by atoms with van der Waals surface area (Å²) in [5.74, 6) is -0.223. The van der Waals surface area contributed by atoms with Crippen molar-refractivity contribution in [3.05, 3.63) is 91.0 Å². The number of hydrogen-bond acceptors (Lipinski definition) is 39. The highest BCUT2D eigenvalue weighted by molar-refractivity contribution is 7.99. The molecule has 0 bridgehead atoms. The summed E-state index contributed by atoms with van der Waals surface area (Å²) < 4.78 is 137. The summed E-state index contributed by atoms with van der Waals surface area (Å²) in [6, 6.07) is 1.22. The number of anilines is 4. The molecule has 49 nitrogen and oxygen atoms in total. The third-order valence-electron chi connectivity index (χ3n) is 17.7. The minimum Gasteiger partial charge on any atom is -0.394 e. The van der Waals surface area contributed by atoms with Crippen molar-refractivity contribution in [2.24, 2.45) is 0 Å². The number of phosphoric acid groups is 4. The van der Waals surface area contributed by atoms with E-state index in [4.69, 9.17) is 82.8 Å². The summed E-state index contributed by atoms with van der Waals surface area (Å²) >= 11 is 1.11. The van der Waals surface area contributed by atoms with Crippen LogP contribution in [0.5, 0.6) is 0 Å². The van der Waals surface area contributed by atoms with Crippen LogP contribution in [-0.4, -0.2) is 230 Å². The Labute approximate surface area is 608 Å². The third kappa shape index (κ3) is 17.7. The number of aryl methyl sites for hydroxylation is 1. The maximum Gasteiger partial charge on any atom is 0.472 e. The Morgan fingerprint density at radius 1 is 0.574 bits per heavy atom. The fourth-order valence-corrected chi connectivity index (χ4v) is 17.4. The van der Waals surface area contributed by atoms with E-state index in [0.29, 0.717) is 6.42 Å². The van der Waals surface area contributed by atoms with Crippen molar-refractivity contribution in [1.29, 1.82) is 0 Å². The number of rotatable bonds is 32. The second kappa shape index (κ2) is 32.2. The van der Waals surface area contributed by atoms with Crippen LogP contribution in [0.2, 0.25) is 0 Å². The summed E-state index contributed by atoms with van der Waals surface area (Å²) in [6.45, 7) is -3.77. The zero-order valence-electron chi connectivity index (χ0n) is 56.1. The third-order valence-corrected chi connectivity index (χ3v) is 22.8. The van der Waals surface area contributed by atoms with Crippen LogP contribution in [0, 0.1) is 6.92 Å². The maximum atomic E-state index is 14.5. The van der Waals surface area contributed by atoms with Gasteiger partial charge in [-0.25, -0.2) is 62.7 Å². The van der Waals surface area contributed by atoms with Gasteiger partial charge >= 0.3 is 42.7 Å². The van der Waals surface area contributed by atoms with Crippen LogP contribution in [0.15, 0.2) is 68.1 Å².